The Morgan fingerprint density at radius 1 is 1.45 bits per heavy atom. The minimum atomic E-state index is -0.911. The number of hydrogen-bond donors (Lipinski definition) is 1. The van der Waals surface area contributed by atoms with E-state index in [2.05, 4.69) is 0 Å². The van der Waals surface area contributed by atoms with Crippen molar-refractivity contribution in [3.8, 4) is 0 Å². The predicted octanol–water partition coefficient (Wildman–Crippen LogP) is 0.891. The van der Waals surface area contributed by atoms with Crippen molar-refractivity contribution < 1.29 is 9.85 Å². The highest BCUT2D eigenvalue weighted by Crippen LogP contribution is 2.31. The van der Waals surface area contributed by atoms with Gasteiger partial charge in [-0.25, -0.2) is 4.74 Å². The summed E-state index contributed by atoms with van der Waals surface area (Å²) in [5.41, 5.74) is -0.846. The number of nitrogens with zero attached hydrogens (tertiary/aromatic N) is 1. The van der Waals surface area contributed by atoms with E-state index in [1.54, 1.807) is 13.8 Å². The van der Waals surface area contributed by atoms with Gasteiger partial charge in [-0.15, -0.1) is 0 Å². The van der Waals surface area contributed by atoms with E-state index in [1.807, 2.05) is 13.8 Å². The lowest BCUT2D eigenvalue weighted by Crippen LogP contribution is -2.31. The van der Waals surface area contributed by atoms with Crippen molar-refractivity contribution in [2.24, 2.45) is 0 Å². The summed E-state index contributed by atoms with van der Waals surface area (Å²) in [5.74, 6) is 0. The zero-order valence-corrected chi connectivity index (χ0v) is 7.51. The Labute approximate surface area is 66.9 Å². The van der Waals surface area contributed by atoms with Gasteiger partial charge in [0.1, 0.15) is 5.60 Å². The number of rotatable bonds is 0. The second-order valence-corrected chi connectivity index (χ2v) is 4.14. The first-order valence-electron chi connectivity index (χ1n) is 3.81. The molecule has 0 bridgehead atoms. The first kappa shape index (κ1) is 8.53. The fourth-order valence-corrected chi connectivity index (χ4v) is 1.71. The van der Waals surface area contributed by atoms with Gasteiger partial charge in [0.2, 0.25) is 0 Å². The van der Waals surface area contributed by atoms with E-state index in [4.69, 9.17) is 0 Å². The lowest BCUT2D eigenvalue weighted by Gasteiger charge is -2.18. The van der Waals surface area contributed by atoms with E-state index >= 15 is 0 Å². The number of aliphatic hydroxyl groups is 1. The summed E-state index contributed by atoms with van der Waals surface area (Å²) >= 11 is 0. The Hall–Kier alpha value is -0.570. The van der Waals surface area contributed by atoms with Gasteiger partial charge in [-0.2, -0.15) is 0 Å². The molecule has 1 aliphatic heterocycles. The maximum absolute atomic E-state index is 11.4. The summed E-state index contributed by atoms with van der Waals surface area (Å²) in [6.07, 6.45) is 0.509. The molecule has 11 heavy (non-hydrogen) atoms. The van der Waals surface area contributed by atoms with Gasteiger partial charge >= 0.3 is 0 Å². The minimum Gasteiger partial charge on any atom is -0.623 e. The lowest BCUT2D eigenvalue weighted by molar-refractivity contribution is -0.531. The van der Waals surface area contributed by atoms with Crippen LogP contribution in [0.25, 0.3) is 0 Å². The van der Waals surface area contributed by atoms with Crippen LogP contribution in [0, 0.1) is 5.21 Å². The molecule has 3 heteroatoms. The van der Waals surface area contributed by atoms with Crippen LogP contribution in [0.1, 0.15) is 34.1 Å². The molecule has 0 aromatic rings. The Kier molecular flexibility index (Phi) is 1.53. The second-order valence-electron chi connectivity index (χ2n) is 4.14. The van der Waals surface area contributed by atoms with E-state index < -0.39 is 11.1 Å². The van der Waals surface area contributed by atoms with Gasteiger partial charge in [-0.05, 0) is 6.92 Å². The molecule has 0 aromatic heterocycles. The summed E-state index contributed by atoms with van der Waals surface area (Å²) in [5, 5.41) is 21.1. The second kappa shape index (κ2) is 1.97. The summed E-state index contributed by atoms with van der Waals surface area (Å²) in [6.45, 7) is 7.04. The molecule has 64 valence electrons. The van der Waals surface area contributed by atoms with Crippen LogP contribution in [0.2, 0.25) is 0 Å². The van der Waals surface area contributed by atoms with Gasteiger partial charge in [-0.1, -0.05) is 0 Å². The van der Waals surface area contributed by atoms with Crippen molar-refractivity contribution in [2.75, 3.05) is 0 Å². The molecule has 0 fully saturated rings. The van der Waals surface area contributed by atoms with E-state index in [0.29, 0.717) is 12.1 Å². The molecular weight excluding hydrogens is 142 g/mol. The number of hydroxylamine groups is 1. The molecule has 1 atom stereocenters. The third kappa shape index (κ3) is 1.13. The van der Waals surface area contributed by atoms with Gasteiger partial charge in [0.05, 0.1) is 6.42 Å². The molecule has 0 amide bonds. The van der Waals surface area contributed by atoms with Crippen LogP contribution in [0.5, 0.6) is 0 Å². The van der Waals surface area contributed by atoms with Crippen molar-refractivity contribution in [3.05, 3.63) is 5.21 Å². The van der Waals surface area contributed by atoms with Crippen molar-refractivity contribution in [2.45, 2.75) is 45.3 Å². The topological polar surface area (TPSA) is 46.3 Å². The minimum absolute atomic E-state index is 0.451. The summed E-state index contributed by atoms with van der Waals surface area (Å²) in [6, 6.07) is 0. The molecular formula is C8H15NO2. The van der Waals surface area contributed by atoms with Gasteiger partial charge in [0.15, 0.2) is 11.3 Å². The Balaban J connectivity index is 3.09. The van der Waals surface area contributed by atoms with Crippen LogP contribution in [0.3, 0.4) is 0 Å². The summed E-state index contributed by atoms with van der Waals surface area (Å²) < 4.78 is 0.910. The molecule has 0 radical (unpaired) electrons. The van der Waals surface area contributed by atoms with Crippen LogP contribution in [-0.4, -0.2) is 26.7 Å². The van der Waals surface area contributed by atoms with Crippen LogP contribution in [0.15, 0.2) is 0 Å². The third-order valence-electron chi connectivity index (χ3n) is 2.41. The summed E-state index contributed by atoms with van der Waals surface area (Å²) in [7, 11) is 0. The normalized spacial score (nSPS) is 36.5. The first-order valence-corrected chi connectivity index (χ1v) is 3.81. The molecule has 1 unspecified atom stereocenters. The highest BCUT2D eigenvalue weighted by Gasteiger charge is 2.48. The van der Waals surface area contributed by atoms with Crippen molar-refractivity contribution in [1.29, 1.82) is 0 Å². The quantitative estimate of drug-likeness (QED) is 0.419. The highest BCUT2D eigenvalue weighted by atomic mass is 16.5. The molecule has 1 N–H and O–H groups in total. The average Bonchev–Trinajstić information content (AvgIpc) is 1.91. The molecule has 0 spiro atoms. The average molecular weight is 157 g/mol. The van der Waals surface area contributed by atoms with Crippen molar-refractivity contribution in [1.82, 2.24) is 0 Å². The SMILES string of the molecule is CC1=[N+]([O-])C(C)(C)CC1(C)O. The standard InChI is InChI=1S/C8H15NO2/c1-6-8(4,10)5-7(2,3)9(6)11/h10H,5H2,1-4H3. The van der Waals surface area contributed by atoms with Gasteiger partial charge < -0.3 is 10.3 Å². The molecule has 1 heterocycles. The first-order chi connectivity index (χ1) is 4.77. The fourth-order valence-electron chi connectivity index (χ4n) is 1.71. The largest absolute Gasteiger partial charge is 0.623 e. The zero-order chi connectivity index (χ0) is 8.86. The predicted molar refractivity (Wildman–Crippen MR) is 43.6 cm³/mol. The molecule has 0 saturated carbocycles. The smallest absolute Gasteiger partial charge is 0.192 e. The molecule has 1 rings (SSSR count). The number of hydrogen-bond acceptors (Lipinski definition) is 2. The van der Waals surface area contributed by atoms with E-state index in [-0.39, 0.29) is 0 Å². The Morgan fingerprint density at radius 2 is 1.91 bits per heavy atom. The maximum atomic E-state index is 11.4. The van der Waals surface area contributed by atoms with Crippen LogP contribution < -0.4 is 0 Å². The van der Waals surface area contributed by atoms with E-state index in [1.165, 1.54) is 0 Å². The van der Waals surface area contributed by atoms with Crippen molar-refractivity contribution in [3.63, 3.8) is 0 Å². The molecule has 1 aliphatic rings. The maximum Gasteiger partial charge on any atom is 0.192 e. The van der Waals surface area contributed by atoms with Gasteiger partial charge in [0, 0.05) is 20.8 Å². The van der Waals surface area contributed by atoms with Gasteiger partial charge in [-0.3, -0.25) is 0 Å². The molecule has 0 saturated heterocycles. The Morgan fingerprint density at radius 3 is 2.00 bits per heavy atom. The fraction of sp³-hybridized carbons (Fsp3) is 0.875. The third-order valence-corrected chi connectivity index (χ3v) is 2.41. The molecule has 0 aliphatic carbocycles. The molecule has 3 nitrogen and oxygen atoms in total. The van der Waals surface area contributed by atoms with Gasteiger partial charge in [0.25, 0.3) is 0 Å². The van der Waals surface area contributed by atoms with Crippen LogP contribution in [-0.2, 0) is 0 Å². The van der Waals surface area contributed by atoms with E-state index in [9.17, 15) is 10.3 Å². The zero-order valence-electron chi connectivity index (χ0n) is 7.51. The van der Waals surface area contributed by atoms with Crippen LogP contribution >= 0.6 is 0 Å². The lowest BCUT2D eigenvalue weighted by atomic mass is 9.91. The van der Waals surface area contributed by atoms with Crippen LogP contribution in [0.4, 0.5) is 0 Å². The monoisotopic (exact) mass is 157 g/mol. The highest BCUT2D eigenvalue weighted by molar-refractivity contribution is 5.87. The molecule has 0 aromatic carbocycles. The summed E-state index contributed by atoms with van der Waals surface area (Å²) in [4.78, 5) is 0. The Bertz CT molecular complexity index is 194. The van der Waals surface area contributed by atoms with E-state index in [0.717, 1.165) is 4.74 Å². The van der Waals surface area contributed by atoms with Crippen molar-refractivity contribution >= 4 is 5.71 Å².